The lowest BCUT2D eigenvalue weighted by molar-refractivity contribution is 0.314. The van der Waals surface area contributed by atoms with Gasteiger partial charge in [-0.25, -0.2) is 0 Å². The molecule has 0 fully saturated rings. The average Bonchev–Trinajstić information content (AvgIpc) is 2.70. The van der Waals surface area contributed by atoms with Crippen molar-refractivity contribution in [1.29, 1.82) is 0 Å². The van der Waals surface area contributed by atoms with E-state index in [4.69, 9.17) is 0 Å². The Bertz CT molecular complexity index is 727. The summed E-state index contributed by atoms with van der Waals surface area (Å²) in [6.45, 7) is 2.06. The van der Waals surface area contributed by atoms with Crippen LogP contribution in [-0.4, -0.2) is 24.8 Å². The summed E-state index contributed by atoms with van der Waals surface area (Å²) >= 11 is 0. The summed E-state index contributed by atoms with van der Waals surface area (Å²) in [5.41, 5.74) is 3.22. The van der Waals surface area contributed by atoms with Gasteiger partial charge < -0.3 is 4.90 Å². The van der Waals surface area contributed by atoms with E-state index in [-0.39, 0.29) is 0 Å². The Morgan fingerprint density at radius 3 is 1.28 bits per heavy atom. The fraction of sp³-hybridized carbons (Fsp3) is 0.174. The minimum absolute atomic E-state index is 0.437. The fourth-order valence-electron chi connectivity index (χ4n) is 3.51. The van der Waals surface area contributed by atoms with Crippen molar-refractivity contribution in [2.45, 2.75) is 12.5 Å². The van der Waals surface area contributed by atoms with Crippen LogP contribution in [0.15, 0.2) is 96.0 Å². The van der Waals surface area contributed by atoms with Crippen LogP contribution in [0, 0.1) is 0 Å². The number of nitrogens with zero attached hydrogens (tertiary/aromatic N) is 2. The van der Waals surface area contributed by atoms with Gasteiger partial charge in [-0.15, -0.1) is 0 Å². The normalized spacial score (nSPS) is 12.0. The Morgan fingerprint density at radius 1 is 0.680 bits per heavy atom. The van der Waals surface area contributed by atoms with E-state index in [1.54, 1.807) is 0 Å². The molecule has 0 radical (unpaired) electrons. The van der Waals surface area contributed by atoms with Gasteiger partial charge in [-0.3, -0.25) is 4.99 Å². The van der Waals surface area contributed by atoms with Crippen molar-refractivity contribution in [1.82, 2.24) is 4.90 Å². The van der Waals surface area contributed by atoms with Crippen LogP contribution in [0.1, 0.15) is 23.6 Å². The maximum Gasteiger partial charge on any atom is 0.117 e. The molecule has 0 N–H and O–H groups in total. The molecule has 2 heteroatoms. The Balaban J connectivity index is 2.40. The molecule has 3 rings (SSSR count). The fourth-order valence-corrected chi connectivity index (χ4v) is 3.51. The predicted molar refractivity (Wildman–Crippen MR) is 106 cm³/mol. The van der Waals surface area contributed by atoms with Crippen molar-refractivity contribution < 1.29 is 0 Å². The minimum Gasteiger partial charge on any atom is -0.346 e. The molecule has 0 unspecified atom stereocenters. The third-order valence-electron chi connectivity index (χ3n) is 4.89. The molecule has 3 aromatic rings. The van der Waals surface area contributed by atoms with Crippen molar-refractivity contribution in [3.8, 4) is 0 Å². The van der Waals surface area contributed by atoms with Crippen LogP contribution >= 0.6 is 0 Å². The highest BCUT2D eigenvalue weighted by atomic mass is 15.2. The first-order valence-corrected chi connectivity index (χ1v) is 8.55. The Kier molecular flexibility index (Phi) is 4.99. The molecule has 2 nitrogen and oxygen atoms in total. The summed E-state index contributed by atoms with van der Waals surface area (Å²) < 4.78 is 0. The van der Waals surface area contributed by atoms with E-state index < -0.39 is 5.54 Å². The second kappa shape index (κ2) is 7.35. The van der Waals surface area contributed by atoms with E-state index in [0.717, 1.165) is 5.84 Å². The van der Waals surface area contributed by atoms with Gasteiger partial charge in [0.15, 0.2) is 0 Å². The lowest BCUT2D eigenvalue weighted by Crippen LogP contribution is -2.48. The first kappa shape index (κ1) is 17.0. The quantitative estimate of drug-likeness (QED) is 0.375. The molecule has 0 heterocycles. The number of aliphatic imine (C=N–C) groups is 1. The summed E-state index contributed by atoms with van der Waals surface area (Å²) in [5, 5.41) is 0. The van der Waals surface area contributed by atoms with Crippen LogP contribution in [0.2, 0.25) is 0 Å². The van der Waals surface area contributed by atoms with Crippen LogP contribution in [0.4, 0.5) is 0 Å². The zero-order chi connectivity index (χ0) is 17.7. The van der Waals surface area contributed by atoms with E-state index in [0.29, 0.717) is 0 Å². The standard InChI is InChI=1S/C23H24N2/c1-19(24-2)25(3)23(20-13-7-4-8-14-20,21-15-9-5-10-16-21)22-17-11-6-12-18-22/h4-18H,1-3H3/b24-19+. The van der Waals surface area contributed by atoms with Gasteiger partial charge in [-0.1, -0.05) is 91.0 Å². The molecule has 3 aromatic carbocycles. The topological polar surface area (TPSA) is 15.6 Å². The number of amidine groups is 1. The van der Waals surface area contributed by atoms with Gasteiger partial charge in [-0.2, -0.15) is 0 Å². The van der Waals surface area contributed by atoms with Crippen LogP contribution in [0.25, 0.3) is 0 Å². The largest absolute Gasteiger partial charge is 0.346 e. The lowest BCUT2D eigenvalue weighted by Gasteiger charge is -2.44. The van der Waals surface area contributed by atoms with Gasteiger partial charge in [0.2, 0.25) is 0 Å². The minimum atomic E-state index is -0.437. The van der Waals surface area contributed by atoms with Crippen molar-refractivity contribution >= 4 is 5.84 Å². The van der Waals surface area contributed by atoms with Crippen LogP contribution < -0.4 is 0 Å². The molecular weight excluding hydrogens is 304 g/mol. The van der Waals surface area contributed by atoms with E-state index in [2.05, 4.69) is 115 Å². The van der Waals surface area contributed by atoms with Crippen molar-refractivity contribution in [3.63, 3.8) is 0 Å². The van der Waals surface area contributed by atoms with Crippen LogP contribution in [0.5, 0.6) is 0 Å². The molecule has 126 valence electrons. The van der Waals surface area contributed by atoms with E-state index in [1.807, 2.05) is 7.05 Å². The van der Waals surface area contributed by atoms with E-state index >= 15 is 0 Å². The second-order valence-electron chi connectivity index (χ2n) is 6.14. The van der Waals surface area contributed by atoms with E-state index in [1.165, 1.54) is 16.7 Å². The molecule has 25 heavy (non-hydrogen) atoms. The first-order valence-electron chi connectivity index (χ1n) is 8.55. The molecule has 0 saturated heterocycles. The maximum atomic E-state index is 4.47. The first-order chi connectivity index (χ1) is 12.2. The zero-order valence-corrected chi connectivity index (χ0v) is 15.1. The molecule has 0 aliphatic carbocycles. The summed E-state index contributed by atoms with van der Waals surface area (Å²) in [6.07, 6.45) is 0. The van der Waals surface area contributed by atoms with Crippen LogP contribution in [-0.2, 0) is 5.54 Å². The Hall–Kier alpha value is -2.87. The van der Waals surface area contributed by atoms with Gasteiger partial charge in [0.05, 0.1) is 5.84 Å². The Morgan fingerprint density at radius 2 is 1.00 bits per heavy atom. The molecule has 0 saturated carbocycles. The maximum absolute atomic E-state index is 4.47. The molecular formula is C23H24N2. The smallest absolute Gasteiger partial charge is 0.117 e. The summed E-state index contributed by atoms with van der Waals surface area (Å²) in [7, 11) is 3.97. The van der Waals surface area contributed by atoms with Crippen LogP contribution in [0.3, 0.4) is 0 Å². The lowest BCUT2D eigenvalue weighted by atomic mass is 9.75. The molecule has 0 aliphatic rings. The highest BCUT2D eigenvalue weighted by Gasteiger charge is 2.40. The summed E-state index contributed by atoms with van der Waals surface area (Å²) in [5.74, 6) is 0.983. The zero-order valence-electron chi connectivity index (χ0n) is 15.1. The molecule has 0 amide bonds. The van der Waals surface area contributed by atoms with Gasteiger partial charge >= 0.3 is 0 Å². The van der Waals surface area contributed by atoms with Gasteiger partial charge in [0.25, 0.3) is 0 Å². The molecule has 0 spiro atoms. The van der Waals surface area contributed by atoms with E-state index in [9.17, 15) is 0 Å². The van der Waals surface area contributed by atoms with Gasteiger partial charge in [0.1, 0.15) is 5.54 Å². The number of rotatable bonds is 4. The number of hydrogen-bond donors (Lipinski definition) is 0. The number of benzene rings is 3. The average molecular weight is 328 g/mol. The second-order valence-corrected chi connectivity index (χ2v) is 6.14. The molecule has 0 aliphatic heterocycles. The van der Waals surface area contributed by atoms with Crippen molar-refractivity contribution in [2.24, 2.45) is 4.99 Å². The SMILES string of the molecule is C/N=C(\C)N(C)C(c1ccccc1)(c1ccccc1)c1ccccc1. The predicted octanol–water partition coefficient (Wildman–Crippen LogP) is 4.96. The molecule has 0 bridgehead atoms. The third kappa shape index (κ3) is 2.96. The summed E-state index contributed by atoms with van der Waals surface area (Å²) in [4.78, 5) is 6.74. The monoisotopic (exact) mass is 328 g/mol. The molecule has 0 aromatic heterocycles. The van der Waals surface area contributed by atoms with Gasteiger partial charge in [0, 0.05) is 14.1 Å². The highest BCUT2D eigenvalue weighted by Crippen LogP contribution is 2.41. The van der Waals surface area contributed by atoms with Crippen molar-refractivity contribution in [2.75, 3.05) is 14.1 Å². The third-order valence-corrected chi connectivity index (χ3v) is 4.89. The number of hydrogen-bond acceptors (Lipinski definition) is 1. The highest BCUT2D eigenvalue weighted by molar-refractivity contribution is 5.82. The van der Waals surface area contributed by atoms with Crippen molar-refractivity contribution in [3.05, 3.63) is 108 Å². The Labute approximate surface area is 150 Å². The molecule has 0 atom stereocenters. The summed E-state index contributed by atoms with van der Waals surface area (Å²) in [6, 6.07) is 31.9. The van der Waals surface area contributed by atoms with Gasteiger partial charge in [-0.05, 0) is 23.6 Å².